The molecule has 0 N–H and O–H groups in total. The molecule has 0 unspecified atom stereocenters. The lowest BCUT2D eigenvalue weighted by atomic mass is 10.3. The first-order valence-electron chi connectivity index (χ1n) is 8.02. The standard InChI is InChI=1S/C17H19BrN2O5S/c1-12-3-5-16(25-12)17(21)19-7-9-20(10-8-19)26(22,23)13-4-6-15(24-2)14(18)11-13/h3-6,11H,7-10H2,1-2H3. The van der Waals surface area contributed by atoms with Gasteiger partial charge < -0.3 is 14.1 Å². The number of carbonyl (C=O) groups excluding carboxylic acids is 1. The van der Waals surface area contributed by atoms with Gasteiger partial charge in [-0.25, -0.2) is 8.42 Å². The molecule has 9 heteroatoms. The molecule has 2 heterocycles. The molecular formula is C17H19BrN2O5S. The molecule has 7 nitrogen and oxygen atoms in total. The van der Waals surface area contributed by atoms with Crippen LogP contribution < -0.4 is 4.74 Å². The third-order valence-electron chi connectivity index (χ3n) is 4.24. The van der Waals surface area contributed by atoms with E-state index in [9.17, 15) is 13.2 Å². The number of sulfonamides is 1. The molecule has 0 atom stereocenters. The molecule has 1 amide bonds. The van der Waals surface area contributed by atoms with Crippen LogP contribution in [-0.2, 0) is 10.0 Å². The van der Waals surface area contributed by atoms with Gasteiger partial charge in [-0.1, -0.05) is 0 Å². The van der Waals surface area contributed by atoms with Crippen molar-refractivity contribution in [3.63, 3.8) is 0 Å². The summed E-state index contributed by atoms with van der Waals surface area (Å²) in [5, 5.41) is 0. The van der Waals surface area contributed by atoms with Crippen LogP contribution in [0.15, 0.2) is 44.1 Å². The van der Waals surface area contributed by atoms with Gasteiger partial charge in [0.2, 0.25) is 10.0 Å². The van der Waals surface area contributed by atoms with Crippen molar-refractivity contribution in [1.29, 1.82) is 0 Å². The summed E-state index contributed by atoms with van der Waals surface area (Å²) in [6.07, 6.45) is 0. The largest absolute Gasteiger partial charge is 0.496 e. The molecule has 1 fully saturated rings. The average Bonchev–Trinajstić information content (AvgIpc) is 3.07. The predicted molar refractivity (Wildman–Crippen MR) is 98.8 cm³/mol. The van der Waals surface area contributed by atoms with Gasteiger partial charge >= 0.3 is 0 Å². The van der Waals surface area contributed by atoms with Crippen LogP contribution in [0.1, 0.15) is 16.3 Å². The number of halogens is 1. The minimum atomic E-state index is -3.63. The zero-order valence-corrected chi connectivity index (χ0v) is 16.8. The molecule has 1 saturated heterocycles. The Hall–Kier alpha value is -1.84. The topological polar surface area (TPSA) is 80.1 Å². The zero-order chi connectivity index (χ0) is 18.9. The molecule has 0 aliphatic carbocycles. The molecule has 140 valence electrons. The Morgan fingerprint density at radius 2 is 1.85 bits per heavy atom. The Morgan fingerprint density at radius 3 is 2.38 bits per heavy atom. The molecule has 1 aromatic heterocycles. The van der Waals surface area contributed by atoms with Crippen molar-refractivity contribution in [2.75, 3.05) is 33.3 Å². The van der Waals surface area contributed by atoms with Crippen molar-refractivity contribution in [2.24, 2.45) is 0 Å². The minimum absolute atomic E-state index is 0.187. The monoisotopic (exact) mass is 442 g/mol. The number of ether oxygens (including phenoxy) is 1. The number of piperazine rings is 1. The third kappa shape index (κ3) is 3.65. The zero-order valence-electron chi connectivity index (χ0n) is 14.4. The number of rotatable bonds is 4. The van der Waals surface area contributed by atoms with Gasteiger partial charge in [0.05, 0.1) is 16.5 Å². The van der Waals surface area contributed by atoms with E-state index >= 15 is 0 Å². The third-order valence-corrected chi connectivity index (χ3v) is 6.75. The molecule has 1 aliphatic heterocycles. The van der Waals surface area contributed by atoms with E-state index < -0.39 is 10.0 Å². The summed E-state index contributed by atoms with van der Waals surface area (Å²) in [5.74, 6) is 1.29. The molecule has 2 aromatic rings. The highest BCUT2D eigenvalue weighted by atomic mass is 79.9. The number of nitrogens with zero attached hydrogens (tertiary/aromatic N) is 2. The highest BCUT2D eigenvalue weighted by molar-refractivity contribution is 9.10. The Kier molecular flexibility index (Phi) is 5.40. The van der Waals surface area contributed by atoms with Crippen LogP contribution in [0.5, 0.6) is 5.75 Å². The summed E-state index contributed by atoms with van der Waals surface area (Å²) in [4.78, 5) is 14.2. The van der Waals surface area contributed by atoms with Crippen molar-refractivity contribution in [3.05, 3.63) is 46.3 Å². The van der Waals surface area contributed by atoms with Gasteiger partial charge in [-0.2, -0.15) is 4.31 Å². The Balaban J connectivity index is 1.70. The fourth-order valence-electron chi connectivity index (χ4n) is 2.79. The summed E-state index contributed by atoms with van der Waals surface area (Å²) in [6.45, 7) is 2.87. The van der Waals surface area contributed by atoms with Crippen LogP contribution >= 0.6 is 15.9 Å². The van der Waals surface area contributed by atoms with Crippen molar-refractivity contribution >= 4 is 31.9 Å². The van der Waals surface area contributed by atoms with Crippen molar-refractivity contribution in [3.8, 4) is 5.75 Å². The first kappa shape index (κ1) is 18.9. The number of amides is 1. The summed E-state index contributed by atoms with van der Waals surface area (Å²) in [5.41, 5.74) is 0. The Morgan fingerprint density at radius 1 is 1.15 bits per heavy atom. The van der Waals surface area contributed by atoms with Gasteiger partial charge in [-0.05, 0) is 53.2 Å². The molecule has 1 aliphatic rings. The lowest BCUT2D eigenvalue weighted by molar-refractivity contribution is 0.0664. The van der Waals surface area contributed by atoms with E-state index in [1.807, 2.05) is 0 Å². The summed E-state index contributed by atoms with van der Waals surface area (Å²) < 4.78 is 38.1. The van der Waals surface area contributed by atoms with Crippen LogP contribution in [0.3, 0.4) is 0 Å². The lowest BCUT2D eigenvalue weighted by Gasteiger charge is -2.33. The fraction of sp³-hybridized carbons (Fsp3) is 0.353. The number of methoxy groups -OCH3 is 1. The maximum Gasteiger partial charge on any atom is 0.289 e. The van der Waals surface area contributed by atoms with Gasteiger partial charge in [-0.15, -0.1) is 0 Å². The van der Waals surface area contributed by atoms with Crippen molar-refractivity contribution < 1.29 is 22.4 Å². The smallest absolute Gasteiger partial charge is 0.289 e. The minimum Gasteiger partial charge on any atom is -0.496 e. The van der Waals surface area contributed by atoms with E-state index in [0.29, 0.717) is 29.1 Å². The fourth-order valence-corrected chi connectivity index (χ4v) is 4.93. The summed E-state index contributed by atoms with van der Waals surface area (Å²) in [7, 11) is -2.11. The quantitative estimate of drug-likeness (QED) is 0.726. The molecule has 0 radical (unpaired) electrons. The normalized spacial score (nSPS) is 15.9. The summed E-state index contributed by atoms with van der Waals surface area (Å²) >= 11 is 3.31. The van der Waals surface area contributed by atoms with E-state index in [0.717, 1.165) is 0 Å². The maximum absolute atomic E-state index is 12.8. The van der Waals surface area contributed by atoms with Gasteiger partial charge in [0, 0.05) is 26.2 Å². The van der Waals surface area contributed by atoms with Gasteiger partial charge in [0.15, 0.2) is 5.76 Å². The number of hydrogen-bond acceptors (Lipinski definition) is 5. The van der Waals surface area contributed by atoms with Crippen molar-refractivity contribution in [2.45, 2.75) is 11.8 Å². The second-order valence-electron chi connectivity index (χ2n) is 5.90. The molecule has 0 saturated carbocycles. The predicted octanol–water partition coefficient (Wildman–Crippen LogP) is 2.51. The molecule has 0 spiro atoms. The van der Waals surface area contributed by atoms with E-state index in [2.05, 4.69) is 15.9 Å². The van der Waals surface area contributed by atoms with E-state index in [4.69, 9.17) is 9.15 Å². The second kappa shape index (κ2) is 7.42. The molecular weight excluding hydrogens is 424 g/mol. The summed E-state index contributed by atoms with van der Waals surface area (Å²) in [6, 6.07) is 8.01. The van der Waals surface area contributed by atoms with Gasteiger partial charge in [0.1, 0.15) is 11.5 Å². The van der Waals surface area contributed by atoms with Crippen LogP contribution in [0.4, 0.5) is 0 Å². The van der Waals surface area contributed by atoms with Crippen LogP contribution in [0.25, 0.3) is 0 Å². The number of furan rings is 1. The second-order valence-corrected chi connectivity index (χ2v) is 8.70. The average molecular weight is 443 g/mol. The molecule has 26 heavy (non-hydrogen) atoms. The first-order chi connectivity index (χ1) is 12.3. The maximum atomic E-state index is 12.8. The highest BCUT2D eigenvalue weighted by Crippen LogP contribution is 2.29. The molecule has 3 rings (SSSR count). The van der Waals surface area contributed by atoms with Crippen LogP contribution in [0.2, 0.25) is 0 Å². The Bertz CT molecular complexity index is 917. The van der Waals surface area contributed by atoms with Crippen molar-refractivity contribution in [1.82, 2.24) is 9.21 Å². The van der Waals surface area contributed by atoms with Gasteiger partial charge in [0.25, 0.3) is 5.91 Å². The number of hydrogen-bond donors (Lipinski definition) is 0. The van der Waals surface area contributed by atoms with E-state index in [1.54, 1.807) is 30.0 Å². The van der Waals surface area contributed by atoms with Gasteiger partial charge in [-0.3, -0.25) is 4.79 Å². The number of benzene rings is 1. The molecule has 1 aromatic carbocycles. The Labute approximate surface area is 160 Å². The van der Waals surface area contributed by atoms with E-state index in [1.165, 1.54) is 23.5 Å². The molecule has 0 bridgehead atoms. The van der Waals surface area contributed by atoms with Crippen LogP contribution in [0, 0.1) is 6.92 Å². The highest BCUT2D eigenvalue weighted by Gasteiger charge is 2.31. The lowest BCUT2D eigenvalue weighted by Crippen LogP contribution is -2.50. The number of aryl methyl sites for hydroxylation is 1. The first-order valence-corrected chi connectivity index (χ1v) is 10.3. The van der Waals surface area contributed by atoms with Crippen LogP contribution in [-0.4, -0.2) is 56.8 Å². The number of carbonyl (C=O) groups is 1. The van der Waals surface area contributed by atoms with E-state index in [-0.39, 0.29) is 29.7 Å². The SMILES string of the molecule is COc1ccc(S(=O)(=O)N2CCN(C(=O)c3ccc(C)o3)CC2)cc1Br.